The lowest BCUT2D eigenvalue weighted by atomic mass is 9.93. The number of aromatic nitrogens is 1. The van der Waals surface area contributed by atoms with Gasteiger partial charge in [-0.15, -0.1) is 11.3 Å². The van der Waals surface area contributed by atoms with Gasteiger partial charge in [-0.25, -0.2) is 0 Å². The standard InChI is InChI=1S/C10H10N2OS2/c13-8-1-3-11-5-7(8)9-6-2-4-14-10(6)15-12-9/h2,4,7,11H,1,3,5H2. The first-order chi connectivity index (χ1) is 7.36. The number of hydrogen-bond donors (Lipinski definition) is 1. The third-order valence-corrected chi connectivity index (χ3v) is 4.64. The van der Waals surface area contributed by atoms with Crippen LogP contribution in [0.4, 0.5) is 0 Å². The van der Waals surface area contributed by atoms with E-state index >= 15 is 0 Å². The Kier molecular flexibility index (Phi) is 2.31. The van der Waals surface area contributed by atoms with E-state index in [0.29, 0.717) is 12.2 Å². The Labute approximate surface area is 95.3 Å². The van der Waals surface area contributed by atoms with Gasteiger partial charge in [0.2, 0.25) is 0 Å². The van der Waals surface area contributed by atoms with E-state index in [1.165, 1.54) is 20.9 Å². The second-order valence-electron chi connectivity index (χ2n) is 3.66. The first kappa shape index (κ1) is 9.45. The van der Waals surface area contributed by atoms with E-state index in [0.717, 1.165) is 18.8 Å². The van der Waals surface area contributed by atoms with Gasteiger partial charge in [-0.05, 0) is 23.0 Å². The van der Waals surface area contributed by atoms with E-state index in [1.807, 2.05) is 0 Å². The van der Waals surface area contributed by atoms with Crippen LogP contribution < -0.4 is 5.32 Å². The molecule has 1 N–H and O–H groups in total. The first-order valence-corrected chi connectivity index (χ1v) is 6.58. The molecule has 78 valence electrons. The van der Waals surface area contributed by atoms with E-state index in [1.54, 1.807) is 11.3 Å². The van der Waals surface area contributed by atoms with Gasteiger partial charge >= 0.3 is 0 Å². The van der Waals surface area contributed by atoms with Gasteiger partial charge in [0, 0.05) is 24.9 Å². The Morgan fingerprint density at radius 3 is 3.33 bits per heavy atom. The third kappa shape index (κ3) is 1.51. The largest absolute Gasteiger partial charge is 0.315 e. The maximum Gasteiger partial charge on any atom is 0.144 e. The van der Waals surface area contributed by atoms with Crippen molar-refractivity contribution in [1.82, 2.24) is 9.69 Å². The van der Waals surface area contributed by atoms with Crippen LogP contribution in [-0.2, 0) is 4.79 Å². The molecule has 1 unspecified atom stereocenters. The Morgan fingerprint density at radius 2 is 2.47 bits per heavy atom. The normalized spacial score (nSPS) is 22.4. The van der Waals surface area contributed by atoms with Crippen molar-refractivity contribution in [3.8, 4) is 0 Å². The topological polar surface area (TPSA) is 42.0 Å². The number of rotatable bonds is 1. The fourth-order valence-electron chi connectivity index (χ4n) is 1.94. The monoisotopic (exact) mass is 238 g/mol. The molecule has 0 radical (unpaired) electrons. The predicted octanol–water partition coefficient (Wildman–Crippen LogP) is 2.00. The lowest BCUT2D eigenvalue weighted by Gasteiger charge is -2.19. The van der Waals surface area contributed by atoms with Crippen LogP contribution in [-0.4, -0.2) is 23.2 Å². The molecule has 0 aliphatic carbocycles. The van der Waals surface area contributed by atoms with E-state index in [2.05, 4.69) is 21.1 Å². The number of nitrogens with zero attached hydrogens (tertiary/aromatic N) is 1. The Morgan fingerprint density at radius 1 is 1.53 bits per heavy atom. The quantitative estimate of drug-likeness (QED) is 0.826. The van der Waals surface area contributed by atoms with Crippen molar-refractivity contribution in [1.29, 1.82) is 0 Å². The molecule has 2 aromatic rings. The van der Waals surface area contributed by atoms with Crippen LogP contribution in [0.3, 0.4) is 0 Å². The Bertz CT molecular complexity index is 502. The van der Waals surface area contributed by atoms with Gasteiger partial charge in [-0.2, -0.15) is 4.37 Å². The van der Waals surface area contributed by atoms with Gasteiger partial charge < -0.3 is 5.32 Å². The molecule has 3 nitrogen and oxygen atoms in total. The zero-order valence-electron chi connectivity index (χ0n) is 8.03. The van der Waals surface area contributed by atoms with Gasteiger partial charge in [0.15, 0.2) is 0 Å². The van der Waals surface area contributed by atoms with Crippen molar-refractivity contribution in [2.45, 2.75) is 12.3 Å². The van der Waals surface area contributed by atoms with Gasteiger partial charge in [0.1, 0.15) is 9.80 Å². The van der Waals surface area contributed by atoms with Crippen molar-refractivity contribution in [2.75, 3.05) is 13.1 Å². The molecule has 0 spiro atoms. The molecule has 3 rings (SSSR count). The number of hydrogen-bond acceptors (Lipinski definition) is 5. The predicted molar refractivity (Wildman–Crippen MR) is 62.7 cm³/mol. The molecule has 0 saturated carbocycles. The maximum atomic E-state index is 11.8. The van der Waals surface area contributed by atoms with Crippen molar-refractivity contribution < 1.29 is 4.79 Å². The van der Waals surface area contributed by atoms with Gasteiger partial charge in [0.05, 0.1) is 11.6 Å². The van der Waals surface area contributed by atoms with Crippen LogP contribution in [0.5, 0.6) is 0 Å². The van der Waals surface area contributed by atoms with Gasteiger partial charge in [0.25, 0.3) is 0 Å². The zero-order chi connectivity index (χ0) is 10.3. The molecule has 2 aromatic heterocycles. The summed E-state index contributed by atoms with van der Waals surface area (Å²) in [6.45, 7) is 1.56. The molecule has 0 amide bonds. The van der Waals surface area contributed by atoms with Crippen LogP contribution in [0, 0.1) is 0 Å². The van der Waals surface area contributed by atoms with Crippen LogP contribution in [0.1, 0.15) is 18.0 Å². The molecule has 15 heavy (non-hydrogen) atoms. The van der Waals surface area contributed by atoms with Crippen molar-refractivity contribution in [3.05, 3.63) is 17.1 Å². The number of carbonyl (C=O) groups is 1. The molecule has 3 heterocycles. The molecule has 1 atom stereocenters. The van der Waals surface area contributed by atoms with E-state index in [4.69, 9.17) is 0 Å². The number of Topliss-reactive ketones (excluding diaryl/α,β-unsaturated/α-hetero) is 1. The summed E-state index contributed by atoms with van der Waals surface area (Å²) in [5, 5.41) is 6.49. The second kappa shape index (κ2) is 3.66. The van der Waals surface area contributed by atoms with Crippen molar-refractivity contribution in [2.24, 2.45) is 0 Å². The number of carbonyl (C=O) groups excluding carboxylic acids is 1. The number of nitrogens with one attached hydrogen (secondary N) is 1. The smallest absolute Gasteiger partial charge is 0.144 e. The fraction of sp³-hybridized carbons (Fsp3) is 0.400. The molecular formula is C10H10N2OS2. The minimum atomic E-state index is -0.0258. The Hall–Kier alpha value is -0.780. The molecule has 0 bridgehead atoms. The SMILES string of the molecule is O=C1CCNCC1c1nsc2sccc12. The average molecular weight is 238 g/mol. The third-order valence-electron chi connectivity index (χ3n) is 2.75. The maximum absolute atomic E-state index is 11.8. The molecule has 0 aromatic carbocycles. The number of ketones is 1. The minimum Gasteiger partial charge on any atom is -0.315 e. The summed E-state index contributed by atoms with van der Waals surface area (Å²) in [5.74, 6) is 0.300. The summed E-state index contributed by atoms with van der Waals surface area (Å²) in [5.41, 5.74) is 0.980. The molecule has 5 heteroatoms. The van der Waals surface area contributed by atoms with E-state index < -0.39 is 0 Å². The number of fused-ring (bicyclic) bond motifs is 1. The highest BCUT2D eigenvalue weighted by molar-refractivity contribution is 7.35. The summed E-state index contributed by atoms with van der Waals surface area (Å²) in [7, 11) is 0. The molecule has 1 aliphatic rings. The molecule has 1 saturated heterocycles. The number of piperidine rings is 1. The highest BCUT2D eigenvalue weighted by atomic mass is 32.2. The lowest BCUT2D eigenvalue weighted by Crippen LogP contribution is -2.35. The minimum absolute atomic E-state index is 0.0258. The average Bonchev–Trinajstić information content (AvgIpc) is 2.80. The number of thiophene rings is 1. The zero-order valence-corrected chi connectivity index (χ0v) is 9.66. The van der Waals surface area contributed by atoms with Gasteiger partial charge in [-0.3, -0.25) is 4.79 Å². The highest BCUT2D eigenvalue weighted by Crippen LogP contribution is 2.33. The molecular weight excluding hydrogens is 228 g/mol. The molecule has 1 aliphatic heterocycles. The van der Waals surface area contributed by atoms with Crippen LogP contribution >= 0.6 is 22.9 Å². The summed E-state index contributed by atoms with van der Waals surface area (Å²) in [6, 6.07) is 2.07. The Balaban J connectivity index is 2.05. The first-order valence-electron chi connectivity index (χ1n) is 4.92. The van der Waals surface area contributed by atoms with Crippen molar-refractivity contribution >= 4 is 38.1 Å². The molecule has 1 fully saturated rings. The second-order valence-corrected chi connectivity index (χ2v) is 5.61. The van der Waals surface area contributed by atoms with Crippen LogP contribution in [0.15, 0.2) is 11.4 Å². The van der Waals surface area contributed by atoms with E-state index in [-0.39, 0.29) is 5.92 Å². The van der Waals surface area contributed by atoms with Crippen molar-refractivity contribution in [3.63, 3.8) is 0 Å². The van der Waals surface area contributed by atoms with Gasteiger partial charge in [-0.1, -0.05) is 0 Å². The summed E-state index contributed by atoms with van der Waals surface area (Å²) < 4.78 is 5.65. The van der Waals surface area contributed by atoms with E-state index in [9.17, 15) is 4.79 Å². The lowest BCUT2D eigenvalue weighted by molar-refractivity contribution is -0.121. The van der Waals surface area contributed by atoms with Crippen LogP contribution in [0.25, 0.3) is 9.40 Å². The fourth-order valence-corrected chi connectivity index (χ4v) is 3.70. The summed E-state index contributed by atoms with van der Waals surface area (Å²) in [6.07, 6.45) is 0.633. The summed E-state index contributed by atoms with van der Waals surface area (Å²) in [4.78, 5) is 11.8. The summed E-state index contributed by atoms with van der Waals surface area (Å²) >= 11 is 3.20. The highest BCUT2D eigenvalue weighted by Gasteiger charge is 2.27. The van der Waals surface area contributed by atoms with Crippen LogP contribution in [0.2, 0.25) is 0 Å².